The lowest BCUT2D eigenvalue weighted by atomic mass is 10.2. The molecule has 0 spiro atoms. The zero-order valence-electron chi connectivity index (χ0n) is 12.2. The van der Waals surface area contributed by atoms with Crippen LogP contribution in [0.25, 0.3) is 0 Å². The largest absolute Gasteiger partial charge is 0.431 e. The normalized spacial score (nSPS) is 17.0. The van der Waals surface area contributed by atoms with Gasteiger partial charge in [-0.05, 0) is 12.8 Å². The maximum Gasteiger partial charge on any atom is 0.302 e. The van der Waals surface area contributed by atoms with Crippen LogP contribution >= 0.6 is 0 Å². The van der Waals surface area contributed by atoms with Crippen molar-refractivity contribution in [1.29, 1.82) is 0 Å². The highest BCUT2D eigenvalue weighted by Gasteiger charge is 2.19. The van der Waals surface area contributed by atoms with E-state index in [4.69, 9.17) is 9.15 Å². The number of hydrogen-bond donors (Lipinski definition) is 2. The molecule has 1 atom stereocenters. The second-order valence-corrected chi connectivity index (χ2v) is 4.93. The Bertz CT molecular complexity index is 681. The molecule has 0 aliphatic carbocycles. The van der Waals surface area contributed by atoms with E-state index >= 15 is 0 Å². The SMILES string of the molecule is O=C(NC[C@@H]1CCCO1)c1coc(NC(=O)c2cnccn2)n1. The van der Waals surface area contributed by atoms with E-state index < -0.39 is 5.91 Å². The molecular formula is C14H15N5O4. The Labute approximate surface area is 131 Å². The molecule has 2 amide bonds. The molecule has 1 saturated heterocycles. The molecule has 0 radical (unpaired) electrons. The lowest BCUT2D eigenvalue weighted by Crippen LogP contribution is -2.31. The van der Waals surface area contributed by atoms with Gasteiger partial charge < -0.3 is 14.5 Å². The van der Waals surface area contributed by atoms with Crippen LogP contribution in [0.4, 0.5) is 6.01 Å². The van der Waals surface area contributed by atoms with Gasteiger partial charge in [-0.2, -0.15) is 4.98 Å². The lowest BCUT2D eigenvalue weighted by Gasteiger charge is -2.09. The zero-order valence-corrected chi connectivity index (χ0v) is 12.2. The van der Waals surface area contributed by atoms with Gasteiger partial charge in [-0.25, -0.2) is 4.98 Å². The van der Waals surface area contributed by atoms with E-state index in [2.05, 4.69) is 25.6 Å². The van der Waals surface area contributed by atoms with Gasteiger partial charge in [-0.15, -0.1) is 0 Å². The van der Waals surface area contributed by atoms with Gasteiger partial charge in [0, 0.05) is 25.5 Å². The second kappa shape index (κ2) is 6.97. The molecule has 2 N–H and O–H groups in total. The monoisotopic (exact) mass is 317 g/mol. The molecule has 0 unspecified atom stereocenters. The third-order valence-corrected chi connectivity index (χ3v) is 3.27. The number of nitrogens with one attached hydrogen (secondary N) is 2. The van der Waals surface area contributed by atoms with Crippen LogP contribution in [0.3, 0.4) is 0 Å². The number of ether oxygens (including phenoxy) is 1. The van der Waals surface area contributed by atoms with Gasteiger partial charge in [0.2, 0.25) is 0 Å². The zero-order chi connectivity index (χ0) is 16.1. The van der Waals surface area contributed by atoms with E-state index in [1.54, 1.807) is 0 Å². The number of oxazole rings is 1. The summed E-state index contributed by atoms with van der Waals surface area (Å²) >= 11 is 0. The summed E-state index contributed by atoms with van der Waals surface area (Å²) in [4.78, 5) is 35.4. The first-order valence-electron chi connectivity index (χ1n) is 7.15. The molecule has 3 rings (SSSR count). The highest BCUT2D eigenvalue weighted by Crippen LogP contribution is 2.12. The van der Waals surface area contributed by atoms with Crippen molar-refractivity contribution >= 4 is 17.8 Å². The second-order valence-electron chi connectivity index (χ2n) is 4.93. The summed E-state index contributed by atoms with van der Waals surface area (Å²) in [6, 6.07) is -0.0806. The first kappa shape index (κ1) is 15.1. The predicted molar refractivity (Wildman–Crippen MR) is 77.8 cm³/mol. The number of carbonyl (C=O) groups excluding carboxylic acids is 2. The van der Waals surface area contributed by atoms with E-state index in [1.165, 1.54) is 24.9 Å². The van der Waals surface area contributed by atoms with Gasteiger partial charge in [0.15, 0.2) is 5.69 Å². The molecular weight excluding hydrogens is 302 g/mol. The minimum Gasteiger partial charge on any atom is -0.431 e. The van der Waals surface area contributed by atoms with Gasteiger partial charge in [0.25, 0.3) is 11.8 Å². The molecule has 0 aromatic carbocycles. The van der Waals surface area contributed by atoms with Crippen molar-refractivity contribution in [3.05, 3.63) is 36.2 Å². The topological polar surface area (TPSA) is 119 Å². The predicted octanol–water partition coefficient (Wildman–Crippen LogP) is 0.626. The van der Waals surface area contributed by atoms with Crippen molar-refractivity contribution in [3.63, 3.8) is 0 Å². The number of rotatable bonds is 5. The Balaban J connectivity index is 1.54. The van der Waals surface area contributed by atoms with Crippen LogP contribution in [-0.2, 0) is 4.74 Å². The van der Waals surface area contributed by atoms with Crippen LogP contribution < -0.4 is 10.6 Å². The average molecular weight is 317 g/mol. The molecule has 23 heavy (non-hydrogen) atoms. The summed E-state index contributed by atoms with van der Waals surface area (Å²) < 4.78 is 10.5. The minimum absolute atomic E-state index is 0.0432. The maximum atomic E-state index is 11.9. The smallest absolute Gasteiger partial charge is 0.302 e. The summed E-state index contributed by atoms with van der Waals surface area (Å²) in [7, 11) is 0. The fraction of sp³-hybridized carbons (Fsp3) is 0.357. The summed E-state index contributed by atoms with van der Waals surface area (Å²) in [5.41, 5.74) is 0.201. The van der Waals surface area contributed by atoms with Crippen molar-refractivity contribution in [2.24, 2.45) is 0 Å². The van der Waals surface area contributed by atoms with Crippen molar-refractivity contribution in [2.75, 3.05) is 18.5 Å². The maximum absolute atomic E-state index is 11.9. The molecule has 1 fully saturated rings. The van der Waals surface area contributed by atoms with Crippen molar-refractivity contribution in [2.45, 2.75) is 18.9 Å². The molecule has 1 aliphatic heterocycles. The summed E-state index contributed by atoms with van der Waals surface area (Å²) in [6.45, 7) is 1.15. The molecule has 0 saturated carbocycles. The Morgan fingerprint density at radius 3 is 2.91 bits per heavy atom. The van der Waals surface area contributed by atoms with Crippen LogP contribution in [0.1, 0.15) is 33.8 Å². The van der Waals surface area contributed by atoms with E-state index in [-0.39, 0.29) is 29.4 Å². The van der Waals surface area contributed by atoms with Crippen molar-refractivity contribution in [3.8, 4) is 0 Å². The quantitative estimate of drug-likeness (QED) is 0.829. The van der Waals surface area contributed by atoms with Crippen LogP contribution in [0.15, 0.2) is 29.3 Å². The van der Waals surface area contributed by atoms with Crippen molar-refractivity contribution < 1.29 is 18.7 Å². The highest BCUT2D eigenvalue weighted by atomic mass is 16.5. The van der Waals surface area contributed by atoms with Gasteiger partial charge >= 0.3 is 6.01 Å². The Morgan fingerprint density at radius 1 is 1.26 bits per heavy atom. The Hall–Kier alpha value is -2.81. The molecule has 2 aromatic rings. The summed E-state index contributed by atoms with van der Waals surface area (Å²) in [5.74, 6) is -0.907. The van der Waals surface area contributed by atoms with Gasteiger partial charge in [0.05, 0.1) is 12.3 Å². The number of carbonyl (C=O) groups is 2. The summed E-state index contributed by atoms with van der Waals surface area (Å²) in [6.07, 6.45) is 7.32. The van der Waals surface area contributed by atoms with Crippen LogP contribution in [0.2, 0.25) is 0 Å². The first-order chi connectivity index (χ1) is 11.2. The molecule has 120 valence electrons. The fourth-order valence-electron chi connectivity index (χ4n) is 2.12. The number of hydrogen-bond acceptors (Lipinski definition) is 7. The lowest BCUT2D eigenvalue weighted by molar-refractivity contribution is 0.0853. The Morgan fingerprint density at radius 2 is 2.17 bits per heavy atom. The first-order valence-corrected chi connectivity index (χ1v) is 7.15. The number of aromatic nitrogens is 3. The van der Waals surface area contributed by atoms with Crippen molar-refractivity contribution in [1.82, 2.24) is 20.3 Å². The molecule has 0 bridgehead atoms. The molecule has 3 heterocycles. The van der Waals surface area contributed by atoms with Crippen LogP contribution in [-0.4, -0.2) is 46.0 Å². The molecule has 9 nitrogen and oxygen atoms in total. The van der Waals surface area contributed by atoms with E-state index in [9.17, 15) is 9.59 Å². The number of anilines is 1. The van der Waals surface area contributed by atoms with Gasteiger partial charge in [-0.3, -0.25) is 19.9 Å². The summed E-state index contributed by atoms with van der Waals surface area (Å²) in [5, 5.41) is 5.12. The number of amides is 2. The minimum atomic E-state index is -0.522. The van der Waals surface area contributed by atoms with E-state index in [0.717, 1.165) is 19.4 Å². The third-order valence-electron chi connectivity index (χ3n) is 3.27. The Kier molecular flexibility index (Phi) is 4.57. The molecule has 1 aliphatic rings. The van der Waals surface area contributed by atoms with E-state index in [0.29, 0.717) is 6.54 Å². The van der Waals surface area contributed by atoms with Gasteiger partial charge in [-0.1, -0.05) is 0 Å². The third kappa shape index (κ3) is 3.89. The van der Waals surface area contributed by atoms with E-state index in [1.807, 2.05) is 0 Å². The van der Waals surface area contributed by atoms with Gasteiger partial charge in [0.1, 0.15) is 12.0 Å². The molecule has 9 heteroatoms. The van der Waals surface area contributed by atoms with Crippen LogP contribution in [0, 0.1) is 0 Å². The average Bonchev–Trinajstić information content (AvgIpc) is 3.25. The molecule has 2 aromatic heterocycles. The standard InChI is InChI=1S/C14H15N5O4/c20-12(17-6-9-2-1-5-22-9)11-8-23-14(18-11)19-13(21)10-7-15-3-4-16-10/h3-4,7-9H,1-2,5-6H2,(H,17,20)(H,18,19,21)/t9-/m0/s1. The van der Waals surface area contributed by atoms with Crippen LogP contribution in [0.5, 0.6) is 0 Å². The fourth-order valence-corrected chi connectivity index (χ4v) is 2.12. The highest BCUT2D eigenvalue weighted by molar-refractivity contribution is 6.01. The number of nitrogens with zero attached hydrogens (tertiary/aromatic N) is 3.